The first-order valence-electron chi connectivity index (χ1n) is 9.21. The Morgan fingerprint density at radius 3 is 2.68 bits per heavy atom. The molecule has 0 bridgehead atoms. The quantitative estimate of drug-likeness (QED) is 0.769. The van der Waals surface area contributed by atoms with Gasteiger partial charge in [0.05, 0.1) is 18.7 Å². The van der Waals surface area contributed by atoms with Gasteiger partial charge in [-0.1, -0.05) is 0 Å². The number of carbonyl (C=O) groups is 2. The number of hydrogen-bond donors (Lipinski definition) is 2. The van der Waals surface area contributed by atoms with Crippen molar-refractivity contribution in [1.82, 2.24) is 15.2 Å². The first kappa shape index (κ1) is 20.1. The number of anilines is 2. The van der Waals surface area contributed by atoms with Crippen LogP contribution in [0.5, 0.6) is 0 Å². The van der Waals surface area contributed by atoms with Gasteiger partial charge in [0, 0.05) is 30.2 Å². The third-order valence-electron chi connectivity index (χ3n) is 4.37. The molecule has 0 saturated carbocycles. The van der Waals surface area contributed by atoms with Gasteiger partial charge in [-0.15, -0.1) is 11.3 Å². The van der Waals surface area contributed by atoms with E-state index in [1.54, 1.807) is 24.0 Å². The van der Waals surface area contributed by atoms with Crippen molar-refractivity contribution in [3.63, 3.8) is 0 Å². The monoisotopic (exact) mass is 406 g/mol. The van der Waals surface area contributed by atoms with Gasteiger partial charge in [-0.25, -0.2) is 14.2 Å². The molecular weight excluding hydrogens is 383 g/mol. The summed E-state index contributed by atoms with van der Waals surface area (Å²) in [4.78, 5) is 30.1. The number of ether oxygens (including phenoxy) is 1. The summed E-state index contributed by atoms with van der Waals surface area (Å²) in [6, 6.07) is 6.06. The largest absolute Gasteiger partial charge is 0.450 e. The normalized spacial score (nSPS) is 14.6. The van der Waals surface area contributed by atoms with Gasteiger partial charge in [0.25, 0.3) is 0 Å². The number of halogens is 1. The van der Waals surface area contributed by atoms with Crippen LogP contribution in [0.2, 0.25) is 0 Å². The highest BCUT2D eigenvalue weighted by atomic mass is 32.1. The Morgan fingerprint density at radius 2 is 2.00 bits per heavy atom. The molecule has 1 saturated heterocycles. The van der Waals surface area contributed by atoms with Gasteiger partial charge in [-0.2, -0.15) is 0 Å². The smallest absolute Gasteiger partial charge is 0.409 e. The number of amides is 2. The second-order valence-corrected chi connectivity index (χ2v) is 7.34. The van der Waals surface area contributed by atoms with Crippen molar-refractivity contribution in [2.24, 2.45) is 0 Å². The summed E-state index contributed by atoms with van der Waals surface area (Å²) in [7, 11) is 0. The molecule has 2 heterocycles. The molecule has 0 radical (unpaired) electrons. The van der Waals surface area contributed by atoms with E-state index >= 15 is 0 Å². The van der Waals surface area contributed by atoms with Crippen molar-refractivity contribution in [3.8, 4) is 0 Å². The third-order valence-corrected chi connectivity index (χ3v) is 5.18. The lowest BCUT2D eigenvalue weighted by atomic mass is 10.1. The molecule has 7 nitrogen and oxygen atoms in total. The lowest BCUT2D eigenvalue weighted by molar-refractivity contribution is -0.121. The maximum Gasteiger partial charge on any atom is 0.409 e. The molecule has 1 fully saturated rings. The molecule has 0 aliphatic carbocycles. The number of thiazole rings is 1. The van der Waals surface area contributed by atoms with Crippen molar-refractivity contribution in [3.05, 3.63) is 41.2 Å². The number of nitrogens with zero attached hydrogens (tertiary/aromatic N) is 2. The molecule has 150 valence electrons. The van der Waals surface area contributed by atoms with Gasteiger partial charge in [0.15, 0.2) is 5.13 Å². The fourth-order valence-electron chi connectivity index (χ4n) is 2.97. The molecule has 2 amide bonds. The van der Waals surface area contributed by atoms with Crippen LogP contribution in [-0.2, 0) is 16.0 Å². The van der Waals surface area contributed by atoms with E-state index in [9.17, 15) is 14.0 Å². The van der Waals surface area contributed by atoms with Crippen molar-refractivity contribution in [2.45, 2.75) is 32.2 Å². The highest BCUT2D eigenvalue weighted by molar-refractivity contribution is 7.13. The highest BCUT2D eigenvalue weighted by Crippen LogP contribution is 2.21. The van der Waals surface area contributed by atoms with Crippen molar-refractivity contribution in [2.75, 3.05) is 25.0 Å². The molecule has 28 heavy (non-hydrogen) atoms. The van der Waals surface area contributed by atoms with E-state index in [2.05, 4.69) is 15.6 Å². The minimum atomic E-state index is -0.296. The summed E-state index contributed by atoms with van der Waals surface area (Å²) in [5, 5.41) is 8.58. The molecule has 2 aromatic rings. The van der Waals surface area contributed by atoms with Crippen molar-refractivity contribution in [1.29, 1.82) is 0 Å². The minimum absolute atomic E-state index is 0.0497. The fourth-order valence-corrected chi connectivity index (χ4v) is 3.70. The summed E-state index contributed by atoms with van der Waals surface area (Å²) < 4.78 is 17.9. The zero-order valence-corrected chi connectivity index (χ0v) is 16.4. The summed E-state index contributed by atoms with van der Waals surface area (Å²) >= 11 is 1.39. The van der Waals surface area contributed by atoms with Gasteiger partial charge in [0.2, 0.25) is 5.91 Å². The van der Waals surface area contributed by atoms with Gasteiger partial charge in [0.1, 0.15) is 5.82 Å². The summed E-state index contributed by atoms with van der Waals surface area (Å²) in [6.07, 6.45) is 1.31. The van der Waals surface area contributed by atoms with Crippen LogP contribution >= 0.6 is 11.3 Å². The molecule has 2 N–H and O–H groups in total. The average Bonchev–Trinajstić information content (AvgIpc) is 3.11. The van der Waals surface area contributed by atoms with Crippen molar-refractivity contribution < 1.29 is 18.7 Å². The predicted molar refractivity (Wildman–Crippen MR) is 105 cm³/mol. The Hall–Kier alpha value is -2.68. The molecule has 1 aliphatic heterocycles. The third kappa shape index (κ3) is 5.66. The van der Waals surface area contributed by atoms with Crippen LogP contribution in [0.4, 0.5) is 20.0 Å². The number of benzene rings is 1. The molecular formula is C19H23FN4O3S. The molecule has 0 spiro atoms. The Kier molecular flexibility index (Phi) is 6.80. The van der Waals surface area contributed by atoms with Crippen LogP contribution in [0, 0.1) is 5.82 Å². The van der Waals surface area contributed by atoms with Gasteiger partial charge >= 0.3 is 6.09 Å². The minimum Gasteiger partial charge on any atom is -0.450 e. The summed E-state index contributed by atoms with van der Waals surface area (Å²) in [5.41, 5.74) is 1.41. The lowest BCUT2D eigenvalue weighted by Gasteiger charge is -2.31. The standard InChI is InChI=1S/C19H23FN4O3S/c1-2-27-19(26)24-9-7-15(8-10-24)21-17(25)11-16-12-28-18(23-16)22-14-5-3-13(20)4-6-14/h3-6,12,15H,2,7-11H2,1H3,(H,21,25)(H,22,23). The van der Waals surface area contributed by atoms with E-state index in [1.807, 2.05) is 5.38 Å². The maximum atomic E-state index is 13.0. The average molecular weight is 406 g/mol. The number of piperidine rings is 1. The first-order chi connectivity index (χ1) is 13.5. The van der Waals surface area contributed by atoms with Crippen LogP contribution in [0.3, 0.4) is 0 Å². The molecule has 3 rings (SSSR count). The number of likely N-dealkylation sites (tertiary alicyclic amines) is 1. The Balaban J connectivity index is 1.44. The van der Waals surface area contributed by atoms with Gasteiger partial charge in [-0.3, -0.25) is 4.79 Å². The molecule has 1 aliphatic rings. The summed E-state index contributed by atoms with van der Waals surface area (Å²) in [6.45, 7) is 3.30. The van der Waals surface area contributed by atoms with Crippen LogP contribution in [0.1, 0.15) is 25.5 Å². The second-order valence-electron chi connectivity index (χ2n) is 6.48. The van der Waals surface area contributed by atoms with Crippen LogP contribution in [-0.4, -0.2) is 47.6 Å². The van der Waals surface area contributed by atoms with E-state index in [-0.39, 0.29) is 30.3 Å². The fraction of sp³-hybridized carbons (Fsp3) is 0.421. The molecule has 1 aromatic heterocycles. The number of nitrogens with one attached hydrogen (secondary N) is 2. The zero-order chi connectivity index (χ0) is 19.9. The van der Waals surface area contributed by atoms with E-state index in [0.717, 1.165) is 5.69 Å². The SMILES string of the molecule is CCOC(=O)N1CCC(NC(=O)Cc2csc(Nc3ccc(F)cc3)n2)CC1. The van der Waals surface area contributed by atoms with E-state index < -0.39 is 0 Å². The molecule has 0 atom stereocenters. The predicted octanol–water partition coefficient (Wildman–Crippen LogP) is 3.31. The Labute approximate surface area is 166 Å². The Morgan fingerprint density at radius 1 is 1.29 bits per heavy atom. The Bertz CT molecular complexity index is 804. The second kappa shape index (κ2) is 9.50. The van der Waals surface area contributed by atoms with E-state index in [4.69, 9.17) is 4.74 Å². The van der Waals surface area contributed by atoms with E-state index in [1.165, 1.54) is 23.5 Å². The maximum absolute atomic E-state index is 13.0. The molecule has 1 aromatic carbocycles. The molecule has 0 unspecified atom stereocenters. The van der Waals surface area contributed by atoms with E-state index in [0.29, 0.717) is 43.4 Å². The number of aromatic nitrogens is 1. The van der Waals surface area contributed by atoms with Crippen LogP contribution in [0.15, 0.2) is 29.6 Å². The topological polar surface area (TPSA) is 83.6 Å². The van der Waals surface area contributed by atoms with Crippen LogP contribution in [0.25, 0.3) is 0 Å². The first-order valence-corrected chi connectivity index (χ1v) is 10.1. The lowest BCUT2D eigenvalue weighted by Crippen LogP contribution is -2.47. The van der Waals surface area contributed by atoms with Gasteiger partial charge < -0.3 is 20.3 Å². The van der Waals surface area contributed by atoms with Crippen LogP contribution < -0.4 is 10.6 Å². The number of hydrogen-bond acceptors (Lipinski definition) is 6. The zero-order valence-electron chi connectivity index (χ0n) is 15.6. The number of carbonyl (C=O) groups excluding carboxylic acids is 2. The summed E-state index contributed by atoms with van der Waals surface area (Å²) in [5.74, 6) is -0.386. The number of rotatable bonds is 6. The molecule has 9 heteroatoms. The highest BCUT2D eigenvalue weighted by Gasteiger charge is 2.24. The van der Waals surface area contributed by atoms with Crippen molar-refractivity contribution >= 4 is 34.2 Å². The van der Waals surface area contributed by atoms with Gasteiger partial charge in [-0.05, 0) is 44.0 Å².